The van der Waals surface area contributed by atoms with E-state index in [-0.39, 0.29) is 0 Å². The van der Waals surface area contributed by atoms with E-state index in [4.69, 9.17) is 11.1 Å². The zero-order chi connectivity index (χ0) is 6.57. The highest BCUT2D eigenvalue weighted by molar-refractivity contribution is 5.63. The Hall–Kier alpha value is -0.690. The molecule has 0 spiro atoms. The van der Waals surface area contributed by atoms with Gasteiger partial charge in [0.25, 0.3) is 0 Å². The lowest BCUT2D eigenvalue weighted by molar-refractivity contribution is -0.989. The van der Waals surface area contributed by atoms with E-state index in [9.17, 15) is 5.21 Å². The van der Waals surface area contributed by atoms with Crippen LogP contribution in [-0.2, 0) is 4.94 Å². The SMILES string of the molecule is CNO[NH+]([O-])C(=N)N. The number of hydrogen-bond acceptors (Lipinski definition) is 4. The smallest absolute Gasteiger partial charge is 0.325 e. The van der Waals surface area contributed by atoms with E-state index in [2.05, 4.69) is 10.4 Å². The van der Waals surface area contributed by atoms with E-state index in [1.54, 1.807) is 0 Å². The molecule has 0 rings (SSSR count). The van der Waals surface area contributed by atoms with E-state index < -0.39 is 11.2 Å². The van der Waals surface area contributed by atoms with Crippen LogP contribution >= 0.6 is 0 Å². The summed E-state index contributed by atoms with van der Waals surface area (Å²) in [7, 11) is 1.40. The van der Waals surface area contributed by atoms with Gasteiger partial charge in [-0.1, -0.05) is 0 Å². The zero-order valence-electron chi connectivity index (χ0n) is 4.39. The lowest BCUT2D eigenvalue weighted by Crippen LogP contribution is -3.11. The molecule has 0 saturated heterocycles. The first-order chi connectivity index (χ1) is 3.68. The minimum absolute atomic E-state index is 0.612. The lowest BCUT2D eigenvalue weighted by Gasteiger charge is -2.13. The predicted octanol–water partition coefficient (Wildman–Crippen LogP) is -2.67. The molecule has 0 radical (unpaired) electrons. The Kier molecular flexibility index (Phi) is 3.04. The van der Waals surface area contributed by atoms with Crippen molar-refractivity contribution >= 4 is 5.96 Å². The van der Waals surface area contributed by atoms with Gasteiger partial charge in [-0.3, -0.25) is 0 Å². The van der Waals surface area contributed by atoms with Gasteiger partial charge in [0, 0.05) is 7.05 Å². The molecule has 0 aliphatic rings. The summed E-state index contributed by atoms with van der Waals surface area (Å²) in [6.45, 7) is 0. The molecule has 5 N–H and O–H groups in total. The van der Waals surface area contributed by atoms with Gasteiger partial charge >= 0.3 is 5.96 Å². The number of rotatable bonds is 2. The monoisotopic (exact) mass is 120 g/mol. The molecule has 48 valence electrons. The molecule has 0 aliphatic carbocycles. The van der Waals surface area contributed by atoms with Crippen LogP contribution in [0.15, 0.2) is 0 Å². The Balaban J connectivity index is 3.32. The summed E-state index contributed by atoms with van der Waals surface area (Å²) in [5.74, 6) is -0.612. The summed E-state index contributed by atoms with van der Waals surface area (Å²) in [6, 6.07) is 0. The Bertz CT molecular complexity index is 84.1. The Morgan fingerprint density at radius 3 is 2.62 bits per heavy atom. The maximum atomic E-state index is 10.1. The van der Waals surface area contributed by atoms with Crippen molar-refractivity contribution in [2.45, 2.75) is 0 Å². The molecule has 0 saturated carbocycles. The van der Waals surface area contributed by atoms with Gasteiger partial charge in [0.05, 0.1) is 0 Å². The minimum Gasteiger partial charge on any atom is -0.591 e. The topological polar surface area (TPSA) is 98.6 Å². The van der Waals surface area contributed by atoms with Gasteiger partial charge in [-0.15, -0.1) is 15.6 Å². The van der Waals surface area contributed by atoms with Crippen molar-refractivity contribution < 1.29 is 10.2 Å². The third-order valence-corrected chi connectivity index (χ3v) is 0.415. The van der Waals surface area contributed by atoms with Gasteiger partial charge in [0.1, 0.15) is 0 Å². The third-order valence-electron chi connectivity index (χ3n) is 0.415. The van der Waals surface area contributed by atoms with Crippen LogP contribution in [-0.4, -0.2) is 13.0 Å². The van der Waals surface area contributed by atoms with Crippen molar-refractivity contribution in [3.05, 3.63) is 5.21 Å². The molecule has 1 unspecified atom stereocenters. The first-order valence-corrected chi connectivity index (χ1v) is 1.90. The molecule has 0 aliphatic heterocycles. The predicted molar refractivity (Wildman–Crippen MR) is 26.4 cm³/mol. The molecule has 0 fully saturated rings. The second kappa shape index (κ2) is 3.33. The van der Waals surface area contributed by atoms with E-state index in [0.29, 0.717) is 0 Å². The normalized spacial score (nSPS) is 13.2. The number of nitrogens with one attached hydrogen (secondary N) is 3. The second-order valence-corrected chi connectivity index (χ2v) is 1.01. The maximum Gasteiger partial charge on any atom is 0.325 e. The van der Waals surface area contributed by atoms with Gasteiger partial charge in [0.2, 0.25) is 0 Å². The molecule has 1 atom stereocenters. The standard InChI is InChI=1S/C2H8N4O2/c1-5-8-6(7)2(3)4/h5-6H,1H3,(H3,3,4). The van der Waals surface area contributed by atoms with Crippen LogP contribution in [0.3, 0.4) is 0 Å². The van der Waals surface area contributed by atoms with Crippen LogP contribution in [0.1, 0.15) is 0 Å². The molecule has 6 heteroatoms. The highest BCUT2D eigenvalue weighted by Gasteiger charge is 1.97. The summed E-state index contributed by atoms with van der Waals surface area (Å²) in [4.78, 5) is 4.06. The van der Waals surface area contributed by atoms with Crippen LogP contribution < -0.4 is 16.4 Å². The van der Waals surface area contributed by atoms with Crippen molar-refractivity contribution in [1.29, 1.82) is 5.41 Å². The van der Waals surface area contributed by atoms with Crippen LogP contribution in [0.4, 0.5) is 0 Å². The number of hydroxylamine groups is 3. The average molecular weight is 120 g/mol. The van der Waals surface area contributed by atoms with E-state index in [0.717, 1.165) is 0 Å². The highest BCUT2D eigenvalue weighted by atomic mass is 17.0. The first-order valence-electron chi connectivity index (χ1n) is 1.90. The summed E-state index contributed by atoms with van der Waals surface area (Å²) < 4.78 is 0. The number of quaternary nitrogens is 1. The van der Waals surface area contributed by atoms with Crippen molar-refractivity contribution in [1.82, 2.24) is 5.48 Å². The van der Waals surface area contributed by atoms with Crippen LogP contribution in [0.25, 0.3) is 0 Å². The lowest BCUT2D eigenvalue weighted by atomic mass is 11.1. The van der Waals surface area contributed by atoms with Gasteiger partial charge in [-0.2, -0.15) is 0 Å². The number of nitrogens with two attached hydrogens (primary N) is 1. The second-order valence-electron chi connectivity index (χ2n) is 1.01. The summed E-state index contributed by atoms with van der Waals surface area (Å²) in [5, 5.41) is 15.7. The molecule has 0 heterocycles. The largest absolute Gasteiger partial charge is 0.591 e. The fourth-order valence-electron chi connectivity index (χ4n) is 0.148. The Labute approximate surface area is 46.2 Å². The van der Waals surface area contributed by atoms with Crippen molar-refractivity contribution in [2.24, 2.45) is 5.73 Å². The van der Waals surface area contributed by atoms with E-state index in [1.807, 2.05) is 0 Å². The van der Waals surface area contributed by atoms with E-state index in [1.165, 1.54) is 7.05 Å². The first kappa shape index (κ1) is 7.31. The molecule has 8 heavy (non-hydrogen) atoms. The fourth-order valence-corrected chi connectivity index (χ4v) is 0.148. The molecule has 0 aromatic heterocycles. The van der Waals surface area contributed by atoms with Crippen molar-refractivity contribution in [3.8, 4) is 0 Å². The Morgan fingerprint density at radius 2 is 2.50 bits per heavy atom. The van der Waals surface area contributed by atoms with Crippen molar-refractivity contribution in [3.63, 3.8) is 0 Å². The van der Waals surface area contributed by atoms with Crippen LogP contribution in [0, 0.1) is 10.6 Å². The average Bonchev–Trinajstić information content (AvgIpc) is 1.67. The molecule has 0 bridgehead atoms. The van der Waals surface area contributed by atoms with Crippen LogP contribution in [0.2, 0.25) is 0 Å². The summed E-state index contributed by atoms with van der Waals surface area (Å²) in [5.41, 5.74) is 6.77. The molecule has 6 nitrogen and oxygen atoms in total. The number of guanidine groups is 1. The maximum absolute atomic E-state index is 10.1. The molecule has 0 aromatic carbocycles. The quantitative estimate of drug-likeness (QED) is 0.181. The van der Waals surface area contributed by atoms with Gasteiger partial charge in [0.15, 0.2) is 0 Å². The Morgan fingerprint density at radius 1 is 2.00 bits per heavy atom. The molecule has 0 aromatic rings. The molecule has 0 amide bonds. The van der Waals surface area contributed by atoms with E-state index >= 15 is 0 Å². The number of hydrogen-bond donors (Lipinski definition) is 4. The highest BCUT2D eigenvalue weighted by Crippen LogP contribution is 1.37. The molecular formula is C2H8N4O2. The zero-order valence-corrected chi connectivity index (χ0v) is 4.39. The molecular weight excluding hydrogens is 112 g/mol. The summed E-state index contributed by atoms with van der Waals surface area (Å²) in [6.07, 6.45) is 0. The minimum atomic E-state index is -0.868. The van der Waals surface area contributed by atoms with Crippen molar-refractivity contribution in [2.75, 3.05) is 7.05 Å². The summed E-state index contributed by atoms with van der Waals surface area (Å²) >= 11 is 0. The van der Waals surface area contributed by atoms with Gasteiger partial charge in [-0.05, 0) is 0 Å². The van der Waals surface area contributed by atoms with Gasteiger partial charge < -0.3 is 10.9 Å². The third kappa shape index (κ3) is 2.48. The van der Waals surface area contributed by atoms with Crippen LogP contribution in [0.5, 0.6) is 0 Å². The fraction of sp³-hybridized carbons (Fsp3) is 0.500. The van der Waals surface area contributed by atoms with Gasteiger partial charge in [-0.25, -0.2) is 5.41 Å².